The summed E-state index contributed by atoms with van der Waals surface area (Å²) in [5, 5.41) is 3.01. The van der Waals surface area contributed by atoms with Crippen molar-refractivity contribution in [2.75, 3.05) is 0 Å². The lowest BCUT2D eigenvalue weighted by atomic mass is 9.88. The Bertz CT molecular complexity index is 352. The monoisotopic (exact) mass is 229 g/mol. The lowest BCUT2D eigenvalue weighted by Crippen LogP contribution is -2.41. The topological polar surface area (TPSA) is 42.2 Å². The third kappa shape index (κ3) is 2.99. The minimum atomic E-state index is -0.198. The van der Waals surface area contributed by atoms with Crippen molar-refractivity contribution in [1.29, 1.82) is 0 Å². The molecule has 1 heterocycles. The van der Waals surface area contributed by atoms with Crippen LogP contribution in [-0.4, -0.2) is 11.9 Å². The van der Waals surface area contributed by atoms with E-state index in [1.807, 2.05) is 6.92 Å². The van der Waals surface area contributed by atoms with Gasteiger partial charge in [-0.05, 0) is 30.0 Å². The molecule has 0 spiro atoms. The molecule has 0 aliphatic rings. The fourth-order valence-electron chi connectivity index (χ4n) is 0.947. The highest BCUT2D eigenvalue weighted by Crippen LogP contribution is 2.21. The second-order valence-electron chi connectivity index (χ2n) is 4.67. The summed E-state index contributed by atoms with van der Waals surface area (Å²) in [7, 11) is 0. The highest BCUT2D eigenvalue weighted by molar-refractivity contribution is 6.32. The molecule has 1 atom stereocenters. The predicted molar refractivity (Wildman–Crippen MR) is 60.1 cm³/mol. The maximum Gasteiger partial charge on any atom is 0.256 e. The zero-order valence-corrected chi connectivity index (χ0v) is 10.2. The first-order chi connectivity index (χ1) is 6.82. The third-order valence-corrected chi connectivity index (χ3v) is 2.80. The first-order valence-corrected chi connectivity index (χ1v) is 5.24. The molecule has 3 nitrogen and oxygen atoms in total. The van der Waals surface area contributed by atoms with Crippen LogP contribution in [0.2, 0.25) is 5.22 Å². The van der Waals surface area contributed by atoms with E-state index in [-0.39, 0.29) is 22.6 Å². The number of hydrogen-bond donors (Lipinski definition) is 1. The van der Waals surface area contributed by atoms with Crippen LogP contribution in [0.3, 0.4) is 0 Å². The van der Waals surface area contributed by atoms with Gasteiger partial charge in [0.2, 0.25) is 5.22 Å². The first-order valence-electron chi connectivity index (χ1n) is 4.86. The standard InChI is InChI=1S/C11H16ClNO2/c1-7(11(2,3)4)13-10(14)8-5-6-15-9(8)12/h5-7H,1-4H3,(H,13,14)/t7-/m0/s1. The van der Waals surface area contributed by atoms with Crippen LogP contribution in [-0.2, 0) is 0 Å². The van der Waals surface area contributed by atoms with Gasteiger partial charge in [-0.3, -0.25) is 4.79 Å². The molecule has 0 saturated heterocycles. The molecule has 1 rings (SSSR count). The number of amides is 1. The Hall–Kier alpha value is -0.960. The largest absolute Gasteiger partial charge is 0.452 e. The van der Waals surface area contributed by atoms with Crippen molar-refractivity contribution >= 4 is 17.5 Å². The highest BCUT2D eigenvalue weighted by atomic mass is 35.5. The van der Waals surface area contributed by atoms with Crippen molar-refractivity contribution < 1.29 is 9.21 Å². The summed E-state index contributed by atoms with van der Waals surface area (Å²) >= 11 is 5.70. The molecule has 1 amide bonds. The number of hydrogen-bond acceptors (Lipinski definition) is 2. The third-order valence-electron chi connectivity index (χ3n) is 2.51. The van der Waals surface area contributed by atoms with Gasteiger partial charge in [0.05, 0.1) is 11.8 Å². The Labute approximate surface area is 94.8 Å². The van der Waals surface area contributed by atoms with Gasteiger partial charge in [-0.2, -0.15) is 0 Å². The molecule has 0 aliphatic carbocycles. The van der Waals surface area contributed by atoms with Crippen LogP contribution in [0.1, 0.15) is 38.1 Å². The molecule has 0 unspecified atom stereocenters. The number of rotatable bonds is 2. The second-order valence-corrected chi connectivity index (χ2v) is 5.01. The van der Waals surface area contributed by atoms with Gasteiger partial charge in [0.1, 0.15) is 0 Å². The summed E-state index contributed by atoms with van der Waals surface area (Å²) < 4.78 is 4.86. The van der Waals surface area contributed by atoms with Crippen molar-refractivity contribution in [3.63, 3.8) is 0 Å². The zero-order chi connectivity index (χ0) is 11.6. The van der Waals surface area contributed by atoms with Crippen molar-refractivity contribution in [2.45, 2.75) is 33.7 Å². The molecule has 15 heavy (non-hydrogen) atoms. The molecule has 0 bridgehead atoms. The summed E-state index contributed by atoms with van der Waals surface area (Å²) in [5.41, 5.74) is 0.402. The van der Waals surface area contributed by atoms with E-state index in [2.05, 4.69) is 26.1 Å². The molecule has 1 aromatic rings. The molecule has 84 valence electrons. The van der Waals surface area contributed by atoms with E-state index in [4.69, 9.17) is 16.0 Å². The zero-order valence-electron chi connectivity index (χ0n) is 9.43. The fraction of sp³-hybridized carbons (Fsp3) is 0.545. The lowest BCUT2D eigenvalue weighted by molar-refractivity contribution is 0.0909. The van der Waals surface area contributed by atoms with E-state index in [1.54, 1.807) is 6.07 Å². The van der Waals surface area contributed by atoms with Gasteiger partial charge in [-0.1, -0.05) is 20.8 Å². The smallest absolute Gasteiger partial charge is 0.256 e. The summed E-state index contributed by atoms with van der Waals surface area (Å²) in [6.45, 7) is 8.16. The van der Waals surface area contributed by atoms with Crippen molar-refractivity contribution in [3.8, 4) is 0 Å². The number of nitrogens with one attached hydrogen (secondary N) is 1. The van der Waals surface area contributed by atoms with Gasteiger partial charge < -0.3 is 9.73 Å². The number of carbonyl (C=O) groups excluding carboxylic acids is 1. The van der Waals surface area contributed by atoms with Crippen molar-refractivity contribution in [2.24, 2.45) is 5.41 Å². The number of furan rings is 1. The molecular formula is C11H16ClNO2. The average molecular weight is 230 g/mol. The SMILES string of the molecule is C[C@H](NC(=O)c1ccoc1Cl)C(C)(C)C. The minimum Gasteiger partial charge on any atom is -0.452 e. The van der Waals surface area contributed by atoms with Crippen LogP contribution in [0, 0.1) is 5.41 Å². The lowest BCUT2D eigenvalue weighted by Gasteiger charge is -2.27. The molecular weight excluding hydrogens is 214 g/mol. The molecule has 0 aliphatic heterocycles. The van der Waals surface area contributed by atoms with Crippen LogP contribution >= 0.6 is 11.6 Å². The fourth-order valence-corrected chi connectivity index (χ4v) is 1.15. The molecule has 0 saturated carbocycles. The molecule has 0 fully saturated rings. The van der Waals surface area contributed by atoms with Gasteiger partial charge in [0.25, 0.3) is 5.91 Å². The van der Waals surface area contributed by atoms with E-state index in [1.165, 1.54) is 6.26 Å². The van der Waals surface area contributed by atoms with Crippen LogP contribution in [0.5, 0.6) is 0 Å². The Morgan fingerprint density at radius 3 is 2.53 bits per heavy atom. The predicted octanol–water partition coefficient (Wildman–Crippen LogP) is 3.10. The van der Waals surface area contributed by atoms with Crippen LogP contribution < -0.4 is 5.32 Å². The maximum atomic E-state index is 11.7. The van der Waals surface area contributed by atoms with E-state index in [0.717, 1.165) is 0 Å². The van der Waals surface area contributed by atoms with Gasteiger partial charge in [-0.25, -0.2) is 0 Å². The second kappa shape index (κ2) is 4.27. The average Bonchev–Trinajstić information content (AvgIpc) is 2.49. The Morgan fingerprint density at radius 2 is 2.13 bits per heavy atom. The van der Waals surface area contributed by atoms with Gasteiger partial charge in [0, 0.05) is 6.04 Å². The van der Waals surface area contributed by atoms with Crippen LogP contribution in [0.15, 0.2) is 16.7 Å². The molecule has 0 radical (unpaired) electrons. The van der Waals surface area contributed by atoms with Crippen LogP contribution in [0.4, 0.5) is 0 Å². The van der Waals surface area contributed by atoms with Gasteiger partial charge in [-0.15, -0.1) is 0 Å². The molecule has 1 N–H and O–H groups in total. The highest BCUT2D eigenvalue weighted by Gasteiger charge is 2.23. The Balaban J connectivity index is 2.69. The van der Waals surface area contributed by atoms with Crippen molar-refractivity contribution in [3.05, 3.63) is 23.1 Å². The van der Waals surface area contributed by atoms with E-state index < -0.39 is 0 Å². The number of carbonyl (C=O) groups is 1. The van der Waals surface area contributed by atoms with Gasteiger partial charge in [0.15, 0.2) is 0 Å². The molecule has 1 aromatic heterocycles. The Kier molecular flexibility index (Phi) is 3.45. The first kappa shape index (κ1) is 12.1. The summed E-state index contributed by atoms with van der Waals surface area (Å²) in [4.78, 5) is 11.7. The normalized spacial score (nSPS) is 13.7. The van der Waals surface area contributed by atoms with Gasteiger partial charge >= 0.3 is 0 Å². The minimum absolute atomic E-state index is 0.0197. The van der Waals surface area contributed by atoms with Crippen molar-refractivity contribution in [1.82, 2.24) is 5.32 Å². The molecule has 0 aromatic carbocycles. The number of halogens is 1. The maximum absolute atomic E-state index is 11.7. The molecule has 4 heteroatoms. The van der Waals surface area contributed by atoms with E-state index in [9.17, 15) is 4.79 Å². The van der Waals surface area contributed by atoms with E-state index >= 15 is 0 Å². The summed E-state index contributed by atoms with van der Waals surface area (Å²) in [6, 6.07) is 1.63. The Morgan fingerprint density at radius 1 is 1.53 bits per heavy atom. The summed E-state index contributed by atoms with van der Waals surface area (Å²) in [6.07, 6.45) is 1.40. The van der Waals surface area contributed by atoms with E-state index in [0.29, 0.717) is 5.56 Å². The van der Waals surface area contributed by atoms with Crippen LogP contribution in [0.25, 0.3) is 0 Å². The quantitative estimate of drug-likeness (QED) is 0.847. The summed E-state index contributed by atoms with van der Waals surface area (Å²) in [5.74, 6) is -0.198.